The van der Waals surface area contributed by atoms with Crippen LogP contribution in [0.15, 0.2) is 47.1 Å². The number of nitrogens with zero attached hydrogens (tertiary/aromatic N) is 1. The molecule has 3 rings (SSSR count). The molecule has 0 heterocycles. The summed E-state index contributed by atoms with van der Waals surface area (Å²) in [7, 11) is -4.19. The van der Waals surface area contributed by atoms with Crippen LogP contribution in [-0.4, -0.2) is 64.6 Å². The fourth-order valence-corrected chi connectivity index (χ4v) is 9.66. The summed E-state index contributed by atoms with van der Waals surface area (Å²) in [4.78, 5) is 17.7. The molecule has 0 N–H and O–H groups in total. The Kier molecular flexibility index (Phi) is 12.6. The van der Waals surface area contributed by atoms with E-state index in [1.165, 1.54) is 5.57 Å². The number of carbonyl (C=O) groups is 1. The van der Waals surface area contributed by atoms with Crippen molar-refractivity contribution in [3.63, 3.8) is 0 Å². The molecule has 5 atom stereocenters. The third-order valence-electron chi connectivity index (χ3n) is 12.2. The van der Waals surface area contributed by atoms with E-state index >= 15 is 0 Å². The zero-order valence-corrected chi connectivity index (χ0v) is 34.7. The van der Waals surface area contributed by atoms with Crippen molar-refractivity contribution in [2.24, 2.45) is 11.3 Å². The molecule has 0 bridgehead atoms. The van der Waals surface area contributed by atoms with E-state index in [4.69, 9.17) is 13.7 Å². The second kappa shape index (κ2) is 14.7. The highest BCUT2D eigenvalue weighted by Gasteiger charge is 2.59. The summed E-state index contributed by atoms with van der Waals surface area (Å²) in [5.74, 6) is -6.02. The molecule has 2 fully saturated rings. The number of hydroxylamine groups is 2. The number of halogens is 5. The Morgan fingerprint density at radius 3 is 2.10 bits per heavy atom. The van der Waals surface area contributed by atoms with Gasteiger partial charge >= 0.3 is 12.1 Å². The Morgan fingerprint density at radius 2 is 1.58 bits per heavy atom. The molecule has 286 valence electrons. The highest BCUT2D eigenvalue weighted by atomic mass is 28.4. The number of allylic oxidation sites excluding steroid dienone is 4. The van der Waals surface area contributed by atoms with Crippen molar-refractivity contribution in [1.29, 1.82) is 0 Å². The molecule has 0 aromatic rings. The van der Waals surface area contributed by atoms with Gasteiger partial charge in [-0.25, -0.2) is 5.06 Å². The van der Waals surface area contributed by atoms with Gasteiger partial charge in [0.15, 0.2) is 16.6 Å². The lowest BCUT2D eigenvalue weighted by molar-refractivity contribution is -0.308. The summed E-state index contributed by atoms with van der Waals surface area (Å²) in [5.41, 5.74) is 3.78. The first kappa shape index (κ1) is 42.8. The first-order valence-electron chi connectivity index (χ1n) is 18.0. The Hall–Kier alpha value is -1.61. The lowest BCUT2D eigenvalue weighted by Crippen LogP contribution is -2.49. The number of hydrogen-bond donors (Lipinski definition) is 0. The molecular formula is C38H62F5NO4Si2. The van der Waals surface area contributed by atoms with E-state index in [2.05, 4.69) is 93.4 Å². The van der Waals surface area contributed by atoms with E-state index in [0.29, 0.717) is 6.42 Å². The average Bonchev–Trinajstić information content (AvgIpc) is 3.28. The van der Waals surface area contributed by atoms with E-state index in [-0.39, 0.29) is 33.3 Å². The van der Waals surface area contributed by atoms with Crippen molar-refractivity contribution >= 4 is 22.5 Å². The molecule has 0 aromatic carbocycles. The van der Waals surface area contributed by atoms with Crippen LogP contribution in [0.5, 0.6) is 0 Å². The molecule has 12 heteroatoms. The first-order chi connectivity index (χ1) is 22.4. The zero-order valence-electron chi connectivity index (χ0n) is 32.7. The second-order valence-corrected chi connectivity index (χ2v) is 27.5. The molecule has 1 amide bonds. The minimum absolute atomic E-state index is 0.00382. The van der Waals surface area contributed by atoms with E-state index in [1.807, 2.05) is 6.08 Å². The molecule has 50 heavy (non-hydrogen) atoms. The molecule has 3 aliphatic rings. The first-order valence-corrected chi connectivity index (χ1v) is 23.8. The van der Waals surface area contributed by atoms with Gasteiger partial charge in [0, 0.05) is 13.3 Å². The molecule has 1 unspecified atom stereocenters. The summed E-state index contributed by atoms with van der Waals surface area (Å²) >= 11 is 0. The van der Waals surface area contributed by atoms with Crippen LogP contribution in [0.4, 0.5) is 22.0 Å². The smallest absolute Gasteiger partial charge is 0.413 e. The van der Waals surface area contributed by atoms with E-state index in [9.17, 15) is 26.7 Å². The van der Waals surface area contributed by atoms with Crippen molar-refractivity contribution in [2.75, 3.05) is 6.54 Å². The lowest BCUT2D eigenvalue weighted by atomic mass is 9.63. The molecule has 0 aromatic heterocycles. The number of carbonyl (C=O) groups excluding carboxylic acids is 1. The molecule has 0 spiro atoms. The Bertz CT molecular complexity index is 1370. The number of amides is 1. The van der Waals surface area contributed by atoms with Crippen LogP contribution in [0, 0.1) is 11.3 Å². The highest BCUT2D eigenvalue weighted by molar-refractivity contribution is 6.74. The predicted octanol–water partition coefficient (Wildman–Crippen LogP) is 11.5. The SMILES string of the molecule is C=C1C(=CC=C2CCC[C@]3(C)C([C@H](C)ON(CC(F)(F)C(F)(F)F)C(C)=O)=CCC23)C[C@@H](O[Si](C)(C)C(C)(C)C)C[C@@H]1O[Si](C)(C)C(C)(C)C. The quantitative estimate of drug-likeness (QED) is 0.0966. The molecule has 3 aliphatic carbocycles. The topological polar surface area (TPSA) is 48.0 Å². The van der Waals surface area contributed by atoms with E-state index < -0.39 is 52.7 Å². The van der Waals surface area contributed by atoms with Crippen LogP contribution in [-0.2, 0) is 18.5 Å². The normalized spacial score (nSPS) is 28.2. The van der Waals surface area contributed by atoms with Crippen LogP contribution in [0.3, 0.4) is 0 Å². The van der Waals surface area contributed by atoms with Crippen molar-refractivity contribution < 1.29 is 40.4 Å². The van der Waals surface area contributed by atoms with Gasteiger partial charge in [0.05, 0.1) is 12.2 Å². The molecule has 0 aliphatic heterocycles. The van der Waals surface area contributed by atoms with Crippen LogP contribution in [0.25, 0.3) is 0 Å². The molecule has 2 saturated carbocycles. The molecule has 0 radical (unpaired) electrons. The average molecular weight is 748 g/mol. The number of alkyl halides is 5. The van der Waals surface area contributed by atoms with Crippen LogP contribution >= 0.6 is 0 Å². The Balaban J connectivity index is 1.90. The maximum atomic E-state index is 13.9. The summed E-state index contributed by atoms with van der Waals surface area (Å²) in [6, 6.07) is 0. The minimum atomic E-state index is -5.80. The van der Waals surface area contributed by atoms with Gasteiger partial charge in [0.2, 0.25) is 5.91 Å². The standard InChI is InChI=1S/C38H62F5NO4Si2/c1-25-29(22-30(47-49(11,12)34(4,5)6)23-33(25)48-50(13,14)35(7,8)9)18-17-28-16-15-21-36(10)31(19-20-32(28)36)26(2)46-44(27(3)45)24-37(39,40)38(41,42)43/h17-19,26,30,32-33H,1,15-16,20-24H2,2-14H3/t26-,30+,32?,33-,36+/m0/s1. The number of hydrogen-bond acceptors (Lipinski definition) is 4. The largest absolute Gasteiger partial charge is 0.455 e. The third kappa shape index (κ3) is 9.30. The lowest BCUT2D eigenvalue weighted by Gasteiger charge is -2.45. The Labute approximate surface area is 300 Å². The maximum absolute atomic E-state index is 13.9. The van der Waals surface area contributed by atoms with Crippen molar-refractivity contribution in [1.82, 2.24) is 5.06 Å². The molecule has 5 nitrogen and oxygen atoms in total. The van der Waals surface area contributed by atoms with Gasteiger partial charge in [-0.2, -0.15) is 22.0 Å². The number of rotatable bonds is 10. The Morgan fingerprint density at radius 1 is 1.02 bits per heavy atom. The van der Waals surface area contributed by atoms with Gasteiger partial charge in [-0.3, -0.25) is 9.63 Å². The van der Waals surface area contributed by atoms with E-state index in [1.54, 1.807) is 6.92 Å². The van der Waals surface area contributed by atoms with E-state index in [0.717, 1.165) is 55.7 Å². The van der Waals surface area contributed by atoms with Gasteiger partial charge in [-0.15, -0.1) is 0 Å². The van der Waals surface area contributed by atoms with Gasteiger partial charge in [0.25, 0.3) is 0 Å². The zero-order chi connectivity index (χ0) is 38.5. The second-order valence-electron chi connectivity index (χ2n) is 18.0. The predicted molar refractivity (Wildman–Crippen MR) is 196 cm³/mol. The highest BCUT2D eigenvalue weighted by Crippen LogP contribution is 2.56. The minimum Gasteiger partial charge on any atom is -0.413 e. The van der Waals surface area contributed by atoms with Crippen LogP contribution < -0.4 is 0 Å². The van der Waals surface area contributed by atoms with Gasteiger partial charge in [0.1, 0.15) is 12.6 Å². The summed E-state index contributed by atoms with van der Waals surface area (Å²) in [6.07, 6.45) is 4.35. The van der Waals surface area contributed by atoms with Crippen LogP contribution in [0.1, 0.15) is 101 Å². The van der Waals surface area contributed by atoms with Gasteiger partial charge < -0.3 is 8.85 Å². The van der Waals surface area contributed by atoms with Crippen molar-refractivity contribution in [2.45, 2.75) is 168 Å². The number of fused-ring (bicyclic) bond motifs is 1. The fraction of sp³-hybridized carbons (Fsp3) is 0.763. The van der Waals surface area contributed by atoms with Crippen LogP contribution in [0.2, 0.25) is 36.3 Å². The summed E-state index contributed by atoms with van der Waals surface area (Å²) < 4.78 is 80.6. The summed E-state index contributed by atoms with van der Waals surface area (Å²) in [5, 5.41) is 0.247. The maximum Gasteiger partial charge on any atom is 0.455 e. The third-order valence-corrected chi connectivity index (χ3v) is 21.2. The van der Waals surface area contributed by atoms with Gasteiger partial charge in [-0.05, 0) is 103 Å². The summed E-state index contributed by atoms with van der Waals surface area (Å²) in [6.45, 7) is 29.8. The molecular weight excluding hydrogens is 686 g/mol. The fourth-order valence-electron chi connectivity index (χ4n) is 6.99. The monoisotopic (exact) mass is 747 g/mol. The van der Waals surface area contributed by atoms with Crippen molar-refractivity contribution in [3.05, 3.63) is 47.1 Å². The van der Waals surface area contributed by atoms with Gasteiger partial charge in [-0.1, -0.05) is 78.8 Å². The van der Waals surface area contributed by atoms with Crippen molar-refractivity contribution in [3.8, 4) is 0 Å². The molecule has 0 saturated heterocycles.